The molecule has 0 saturated carbocycles. The maximum Gasteiger partial charge on any atom is 0.153 e. The minimum absolute atomic E-state index is 0.199. The van der Waals surface area contributed by atoms with Gasteiger partial charge in [0.05, 0.1) is 36.1 Å². The van der Waals surface area contributed by atoms with E-state index in [4.69, 9.17) is 15.0 Å². The molecular formula is C30H30N6O2. The van der Waals surface area contributed by atoms with Gasteiger partial charge in [0.15, 0.2) is 5.75 Å². The lowest BCUT2D eigenvalue weighted by Gasteiger charge is -2.42. The lowest BCUT2D eigenvalue weighted by molar-refractivity contribution is 0.417. The Labute approximate surface area is 222 Å². The quantitative estimate of drug-likeness (QED) is 0.301. The Kier molecular flexibility index (Phi) is 6.68. The van der Waals surface area contributed by atoms with Crippen LogP contribution in [0.15, 0.2) is 72.2 Å². The van der Waals surface area contributed by atoms with E-state index in [1.807, 2.05) is 60.8 Å². The molecule has 1 unspecified atom stereocenters. The van der Waals surface area contributed by atoms with Crippen molar-refractivity contribution >= 4 is 22.4 Å². The first-order chi connectivity index (χ1) is 18.4. The molecule has 1 fully saturated rings. The highest BCUT2D eigenvalue weighted by molar-refractivity contribution is 5.99. The number of nitrogens with zero attached hydrogens (tertiary/aromatic N) is 6. The van der Waals surface area contributed by atoms with Crippen molar-refractivity contribution in [2.24, 2.45) is 5.18 Å². The fraction of sp³-hybridized carbons (Fsp3) is 0.300. The van der Waals surface area contributed by atoms with Crippen LogP contribution in [-0.4, -0.2) is 42.8 Å². The molecular weight excluding hydrogens is 476 g/mol. The molecule has 1 atom stereocenters. The summed E-state index contributed by atoms with van der Waals surface area (Å²) < 4.78 is 5.96. The number of pyridine rings is 2. The van der Waals surface area contributed by atoms with E-state index in [1.165, 1.54) is 0 Å². The van der Waals surface area contributed by atoms with E-state index < -0.39 is 5.54 Å². The lowest BCUT2D eigenvalue weighted by Crippen LogP contribution is -2.52. The van der Waals surface area contributed by atoms with E-state index in [2.05, 4.69) is 33.0 Å². The van der Waals surface area contributed by atoms with Gasteiger partial charge >= 0.3 is 0 Å². The van der Waals surface area contributed by atoms with Gasteiger partial charge in [-0.05, 0) is 50.6 Å². The predicted octanol–water partition coefficient (Wildman–Crippen LogP) is 5.89. The largest absolute Gasteiger partial charge is 0.494 e. The van der Waals surface area contributed by atoms with Gasteiger partial charge < -0.3 is 14.5 Å². The molecule has 4 aromatic rings. The van der Waals surface area contributed by atoms with Gasteiger partial charge in [-0.1, -0.05) is 35.5 Å². The van der Waals surface area contributed by atoms with Gasteiger partial charge in [-0.3, -0.25) is 4.98 Å². The number of benzene rings is 2. The van der Waals surface area contributed by atoms with Crippen molar-refractivity contribution in [3.8, 4) is 22.9 Å². The lowest BCUT2D eigenvalue weighted by atomic mass is 9.97. The maximum absolute atomic E-state index is 11.2. The standard InChI is InChI=1S/C30H30N6O2/c1-20-19-35(14-15-36(20)27-13-12-23(17-32-27)30(2,3)34-37)26-18-33-28-24(6-5-7-25(28)29(26)38-4)22-10-8-21(16-31)9-11-22/h5-13,17-18,20H,14-15,19H2,1-4H3. The summed E-state index contributed by atoms with van der Waals surface area (Å²) in [5.74, 6) is 1.69. The molecule has 0 spiro atoms. The average Bonchev–Trinajstić information content (AvgIpc) is 2.96. The summed E-state index contributed by atoms with van der Waals surface area (Å²) in [4.78, 5) is 25.3. The van der Waals surface area contributed by atoms with Crippen molar-refractivity contribution < 1.29 is 4.74 Å². The van der Waals surface area contributed by atoms with Crippen LogP contribution in [-0.2, 0) is 5.54 Å². The van der Waals surface area contributed by atoms with Crippen molar-refractivity contribution in [1.82, 2.24) is 9.97 Å². The molecule has 3 heterocycles. The Morgan fingerprint density at radius 3 is 2.47 bits per heavy atom. The average molecular weight is 507 g/mol. The van der Waals surface area contributed by atoms with E-state index in [0.29, 0.717) is 5.56 Å². The highest BCUT2D eigenvalue weighted by Gasteiger charge is 2.28. The number of para-hydroxylation sites is 1. The Morgan fingerprint density at radius 1 is 1.05 bits per heavy atom. The number of hydrogen-bond acceptors (Lipinski definition) is 8. The molecule has 0 radical (unpaired) electrons. The molecule has 1 aliphatic rings. The topological polar surface area (TPSA) is 94.7 Å². The molecule has 1 aliphatic heterocycles. The van der Waals surface area contributed by atoms with Crippen LogP contribution in [0.25, 0.3) is 22.0 Å². The minimum atomic E-state index is -0.796. The second-order valence-corrected chi connectivity index (χ2v) is 10.1. The molecule has 192 valence electrons. The number of fused-ring (bicyclic) bond motifs is 1. The van der Waals surface area contributed by atoms with Crippen LogP contribution in [0.5, 0.6) is 5.75 Å². The molecule has 5 rings (SSSR count). The molecule has 2 aromatic heterocycles. The number of nitriles is 1. The third-order valence-electron chi connectivity index (χ3n) is 7.30. The first-order valence-corrected chi connectivity index (χ1v) is 12.6. The molecule has 0 bridgehead atoms. The highest BCUT2D eigenvalue weighted by Crippen LogP contribution is 2.39. The van der Waals surface area contributed by atoms with E-state index >= 15 is 0 Å². The number of aromatic nitrogens is 2. The number of ether oxygens (including phenoxy) is 1. The van der Waals surface area contributed by atoms with Crippen LogP contribution in [0, 0.1) is 16.2 Å². The van der Waals surface area contributed by atoms with Gasteiger partial charge in [0.25, 0.3) is 0 Å². The minimum Gasteiger partial charge on any atom is -0.494 e. The van der Waals surface area contributed by atoms with Crippen LogP contribution in [0.4, 0.5) is 11.5 Å². The molecule has 0 amide bonds. The summed E-state index contributed by atoms with van der Waals surface area (Å²) in [7, 11) is 1.70. The predicted molar refractivity (Wildman–Crippen MR) is 151 cm³/mol. The Hall–Kier alpha value is -4.51. The third-order valence-corrected chi connectivity index (χ3v) is 7.30. The van der Waals surface area contributed by atoms with Crippen molar-refractivity contribution in [3.05, 3.63) is 83.0 Å². The SMILES string of the molecule is COc1c(N2CCN(c3ccc(C(C)(C)N=O)cn3)C(C)C2)cnc2c(-c3ccc(C#N)cc3)cccc12. The second-order valence-electron chi connectivity index (χ2n) is 10.1. The van der Waals surface area contributed by atoms with Gasteiger partial charge in [0.2, 0.25) is 0 Å². The van der Waals surface area contributed by atoms with Crippen LogP contribution >= 0.6 is 0 Å². The Morgan fingerprint density at radius 2 is 1.84 bits per heavy atom. The molecule has 8 nitrogen and oxygen atoms in total. The number of anilines is 2. The monoisotopic (exact) mass is 506 g/mol. The number of methoxy groups -OCH3 is 1. The first kappa shape index (κ1) is 25.2. The van der Waals surface area contributed by atoms with E-state index in [9.17, 15) is 4.91 Å². The molecule has 8 heteroatoms. The van der Waals surface area contributed by atoms with E-state index in [-0.39, 0.29) is 6.04 Å². The van der Waals surface area contributed by atoms with Crippen molar-refractivity contribution in [3.63, 3.8) is 0 Å². The van der Waals surface area contributed by atoms with Crippen molar-refractivity contribution in [1.29, 1.82) is 5.26 Å². The van der Waals surface area contributed by atoms with Crippen LogP contribution in [0.1, 0.15) is 31.9 Å². The molecule has 2 aromatic carbocycles. The molecule has 38 heavy (non-hydrogen) atoms. The summed E-state index contributed by atoms with van der Waals surface area (Å²) in [5, 5.41) is 13.3. The number of nitroso groups, excluding NO2 is 1. The van der Waals surface area contributed by atoms with E-state index in [0.717, 1.165) is 64.5 Å². The zero-order valence-electron chi connectivity index (χ0n) is 22.0. The normalized spacial score (nSPS) is 15.8. The molecule has 0 N–H and O–H groups in total. The van der Waals surface area contributed by atoms with Gasteiger partial charge in [-0.15, -0.1) is 4.91 Å². The fourth-order valence-corrected chi connectivity index (χ4v) is 5.07. The number of rotatable bonds is 6. The zero-order valence-corrected chi connectivity index (χ0v) is 22.0. The second kappa shape index (κ2) is 10.1. The van der Waals surface area contributed by atoms with Crippen molar-refractivity contribution in [2.75, 3.05) is 36.5 Å². The van der Waals surface area contributed by atoms with Gasteiger partial charge in [0, 0.05) is 48.4 Å². The van der Waals surface area contributed by atoms with Crippen LogP contribution < -0.4 is 14.5 Å². The Balaban J connectivity index is 1.41. The summed E-state index contributed by atoms with van der Waals surface area (Å²) in [5.41, 5.74) is 4.46. The Bertz CT molecular complexity index is 1510. The van der Waals surface area contributed by atoms with E-state index in [1.54, 1.807) is 27.2 Å². The summed E-state index contributed by atoms with van der Waals surface area (Å²) >= 11 is 0. The van der Waals surface area contributed by atoms with Gasteiger partial charge in [-0.2, -0.15) is 5.26 Å². The van der Waals surface area contributed by atoms with Crippen molar-refractivity contribution in [2.45, 2.75) is 32.4 Å². The summed E-state index contributed by atoms with van der Waals surface area (Å²) in [6.45, 7) is 8.11. The summed E-state index contributed by atoms with van der Waals surface area (Å²) in [6.07, 6.45) is 3.65. The molecule has 0 aliphatic carbocycles. The number of hydrogen-bond donors (Lipinski definition) is 0. The number of piperazine rings is 1. The van der Waals surface area contributed by atoms with Crippen LogP contribution in [0.2, 0.25) is 0 Å². The van der Waals surface area contributed by atoms with Gasteiger partial charge in [0.1, 0.15) is 11.4 Å². The van der Waals surface area contributed by atoms with Crippen LogP contribution in [0.3, 0.4) is 0 Å². The summed E-state index contributed by atoms with van der Waals surface area (Å²) in [6, 6.07) is 19.9. The first-order valence-electron chi connectivity index (χ1n) is 12.6. The smallest absolute Gasteiger partial charge is 0.153 e. The maximum atomic E-state index is 11.2. The highest BCUT2D eigenvalue weighted by atomic mass is 16.5. The zero-order chi connectivity index (χ0) is 26.9. The molecule has 1 saturated heterocycles. The third kappa shape index (κ3) is 4.52. The fourth-order valence-electron chi connectivity index (χ4n) is 5.07. The van der Waals surface area contributed by atoms with Gasteiger partial charge in [-0.25, -0.2) is 4.98 Å².